The van der Waals surface area contributed by atoms with Gasteiger partial charge in [0.25, 0.3) is 5.91 Å². The maximum Gasteiger partial charge on any atom is 0.270 e. The van der Waals surface area contributed by atoms with Gasteiger partial charge < -0.3 is 0 Å². The number of carbonyl (C=O) groups is 1. The summed E-state index contributed by atoms with van der Waals surface area (Å²) in [5.74, 6) is -0.397. The maximum absolute atomic E-state index is 12.0. The Labute approximate surface area is 119 Å². The Hall–Kier alpha value is -1.98. The fourth-order valence-electron chi connectivity index (χ4n) is 1.32. The Morgan fingerprint density at radius 3 is 2.55 bits per heavy atom. The summed E-state index contributed by atoms with van der Waals surface area (Å²) >= 11 is 0. The first-order valence-corrected chi connectivity index (χ1v) is 6.27. The van der Waals surface area contributed by atoms with Gasteiger partial charge in [-0.3, -0.25) is 19.3 Å². The fourth-order valence-corrected chi connectivity index (χ4v) is 1.32. The van der Waals surface area contributed by atoms with Crippen molar-refractivity contribution in [1.82, 2.24) is 9.96 Å². The summed E-state index contributed by atoms with van der Waals surface area (Å²) in [7, 11) is 3.63. The Kier molecular flexibility index (Phi) is 6.63. The highest BCUT2D eigenvalue weighted by Gasteiger charge is 2.16. The molecule has 1 rings (SSSR count). The number of hydrogen-bond acceptors (Lipinski definition) is 4. The topological polar surface area (TPSA) is 49.9 Å². The average Bonchev–Trinajstić information content (AvgIpc) is 2.45. The van der Waals surface area contributed by atoms with Gasteiger partial charge in [-0.05, 0) is 32.7 Å². The van der Waals surface area contributed by atoms with Crippen molar-refractivity contribution in [1.29, 1.82) is 0 Å². The molecule has 1 aromatic carbocycles. The third kappa shape index (κ3) is 5.34. The molecule has 0 fully saturated rings. The van der Waals surface area contributed by atoms with Crippen molar-refractivity contribution < 1.29 is 14.4 Å². The van der Waals surface area contributed by atoms with E-state index in [1.165, 1.54) is 6.08 Å². The van der Waals surface area contributed by atoms with E-state index >= 15 is 0 Å². The molecule has 0 saturated carbocycles. The number of nitrogens with zero attached hydrogens (tertiary/aromatic N) is 2. The second-order valence-corrected chi connectivity index (χ2v) is 4.43. The van der Waals surface area contributed by atoms with Crippen molar-refractivity contribution >= 4 is 18.3 Å². The van der Waals surface area contributed by atoms with Crippen LogP contribution in [0.15, 0.2) is 36.4 Å². The molecule has 0 spiro atoms. The van der Waals surface area contributed by atoms with E-state index < -0.39 is 5.91 Å². The molecule has 5 heteroatoms. The van der Waals surface area contributed by atoms with Crippen LogP contribution in [-0.4, -0.2) is 49.0 Å². The van der Waals surface area contributed by atoms with E-state index in [1.54, 1.807) is 24.2 Å². The van der Waals surface area contributed by atoms with Crippen LogP contribution in [0.2, 0.25) is 0 Å². The first kappa shape index (κ1) is 16.1. The summed E-state index contributed by atoms with van der Waals surface area (Å²) in [5.41, 5.74) is 0.900. The van der Waals surface area contributed by atoms with Crippen molar-refractivity contribution in [2.75, 3.05) is 20.6 Å². The molecule has 20 heavy (non-hydrogen) atoms. The summed E-state index contributed by atoms with van der Waals surface area (Å²) in [5, 5.41) is 0.997. The molecular weight excluding hydrogens is 256 g/mol. The summed E-state index contributed by atoms with van der Waals surface area (Å²) in [6, 6.07) is 9.42. The molecule has 0 aliphatic heterocycles. The summed E-state index contributed by atoms with van der Waals surface area (Å²) in [6.07, 6.45) is 4.39. The standard InChI is InChI=1S/C15H19N2O3/c1-13(16(2)3)20-17(11-12-18)15(19)10-9-14-7-5-4-6-8-14/h4-10,13H,11H2,1-3H3/b10-9+. The highest BCUT2D eigenvalue weighted by Crippen LogP contribution is 2.04. The number of carbonyl (C=O) groups excluding carboxylic acids is 2. The zero-order valence-electron chi connectivity index (χ0n) is 11.9. The van der Waals surface area contributed by atoms with Gasteiger partial charge in [-0.2, -0.15) is 0 Å². The average molecular weight is 275 g/mol. The Morgan fingerprint density at radius 1 is 1.35 bits per heavy atom. The molecule has 0 aromatic heterocycles. The van der Waals surface area contributed by atoms with Crippen LogP contribution in [0.4, 0.5) is 0 Å². The van der Waals surface area contributed by atoms with Gasteiger partial charge in [-0.25, -0.2) is 5.06 Å². The van der Waals surface area contributed by atoms with E-state index in [4.69, 9.17) is 4.84 Å². The van der Waals surface area contributed by atoms with Gasteiger partial charge in [0, 0.05) is 6.08 Å². The molecule has 0 N–H and O–H groups in total. The molecule has 0 aliphatic carbocycles. The number of hydroxylamine groups is 2. The predicted molar refractivity (Wildman–Crippen MR) is 77.1 cm³/mol. The highest BCUT2D eigenvalue weighted by atomic mass is 16.7. The van der Waals surface area contributed by atoms with E-state index in [1.807, 2.05) is 44.4 Å². The van der Waals surface area contributed by atoms with Crippen LogP contribution in [0.1, 0.15) is 12.5 Å². The molecule has 1 radical (unpaired) electrons. The maximum atomic E-state index is 12.0. The second kappa shape index (κ2) is 8.24. The van der Waals surface area contributed by atoms with E-state index in [9.17, 15) is 9.59 Å². The molecule has 5 nitrogen and oxygen atoms in total. The number of hydrogen-bond donors (Lipinski definition) is 0. The van der Waals surface area contributed by atoms with Crippen LogP contribution in [0.5, 0.6) is 0 Å². The number of amides is 1. The van der Waals surface area contributed by atoms with E-state index in [2.05, 4.69) is 0 Å². The quantitative estimate of drug-likeness (QED) is 0.429. The minimum atomic E-state index is -0.397. The first-order valence-electron chi connectivity index (χ1n) is 6.27. The van der Waals surface area contributed by atoms with Gasteiger partial charge in [-0.15, -0.1) is 0 Å². The van der Waals surface area contributed by atoms with Crippen molar-refractivity contribution in [2.24, 2.45) is 0 Å². The highest BCUT2D eigenvalue weighted by molar-refractivity contribution is 5.92. The van der Waals surface area contributed by atoms with Crippen LogP contribution < -0.4 is 0 Å². The lowest BCUT2D eigenvalue weighted by Gasteiger charge is -2.26. The third-order valence-electron chi connectivity index (χ3n) is 2.68. The molecule has 1 amide bonds. The molecule has 0 heterocycles. The number of rotatable bonds is 7. The Morgan fingerprint density at radius 2 is 2.00 bits per heavy atom. The lowest BCUT2D eigenvalue weighted by molar-refractivity contribution is -0.215. The van der Waals surface area contributed by atoms with Crippen molar-refractivity contribution in [3.63, 3.8) is 0 Å². The van der Waals surface area contributed by atoms with Gasteiger partial charge in [0.05, 0.1) is 0 Å². The van der Waals surface area contributed by atoms with Crippen LogP contribution in [-0.2, 0) is 14.4 Å². The Bertz CT molecular complexity index is 457. The lowest BCUT2D eigenvalue weighted by atomic mass is 10.2. The van der Waals surface area contributed by atoms with E-state index in [0.29, 0.717) is 0 Å². The zero-order valence-corrected chi connectivity index (χ0v) is 11.9. The van der Waals surface area contributed by atoms with Gasteiger partial charge >= 0.3 is 0 Å². The molecule has 1 aromatic rings. The Balaban J connectivity index is 2.69. The minimum Gasteiger partial charge on any atom is -0.289 e. The van der Waals surface area contributed by atoms with Gasteiger partial charge in [-0.1, -0.05) is 30.3 Å². The molecule has 0 aliphatic rings. The monoisotopic (exact) mass is 275 g/mol. The van der Waals surface area contributed by atoms with Gasteiger partial charge in [0.1, 0.15) is 12.8 Å². The molecule has 1 atom stereocenters. The molecular formula is C15H19N2O3. The number of benzene rings is 1. The van der Waals surface area contributed by atoms with Crippen molar-refractivity contribution in [3.8, 4) is 0 Å². The molecule has 0 bridgehead atoms. The third-order valence-corrected chi connectivity index (χ3v) is 2.68. The summed E-state index contributed by atoms with van der Waals surface area (Å²) < 4.78 is 0. The zero-order chi connectivity index (χ0) is 15.0. The predicted octanol–water partition coefficient (Wildman–Crippen LogP) is 1.48. The summed E-state index contributed by atoms with van der Waals surface area (Å²) in [6.45, 7) is 1.56. The molecule has 107 valence electrons. The second-order valence-electron chi connectivity index (χ2n) is 4.43. The van der Waals surface area contributed by atoms with E-state index in [0.717, 1.165) is 10.6 Å². The minimum absolute atomic E-state index is 0.226. The fraction of sp³-hybridized carbons (Fsp3) is 0.333. The molecule has 0 saturated heterocycles. The van der Waals surface area contributed by atoms with Crippen LogP contribution in [0.3, 0.4) is 0 Å². The lowest BCUT2D eigenvalue weighted by Crippen LogP contribution is -2.39. The van der Waals surface area contributed by atoms with Crippen LogP contribution in [0.25, 0.3) is 6.08 Å². The first-order chi connectivity index (χ1) is 9.54. The van der Waals surface area contributed by atoms with Crippen LogP contribution in [0, 0.1) is 0 Å². The van der Waals surface area contributed by atoms with Crippen molar-refractivity contribution in [3.05, 3.63) is 42.0 Å². The largest absolute Gasteiger partial charge is 0.289 e. The normalized spacial score (nSPS) is 12.6. The summed E-state index contributed by atoms with van der Waals surface area (Å²) in [4.78, 5) is 29.7. The SMILES string of the molecule is CC(ON(C[C]=O)C(=O)/C=C/c1ccccc1)N(C)C. The van der Waals surface area contributed by atoms with Crippen LogP contribution >= 0.6 is 0 Å². The smallest absolute Gasteiger partial charge is 0.270 e. The van der Waals surface area contributed by atoms with Gasteiger partial charge in [0.2, 0.25) is 6.29 Å². The van der Waals surface area contributed by atoms with Gasteiger partial charge in [0.15, 0.2) is 0 Å². The van der Waals surface area contributed by atoms with E-state index in [-0.39, 0.29) is 12.8 Å². The van der Waals surface area contributed by atoms with Crippen molar-refractivity contribution in [2.45, 2.75) is 13.2 Å². The molecule has 1 unspecified atom stereocenters.